The average Bonchev–Trinajstić information content (AvgIpc) is 1.84. The zero-order chi connectivity index (χ0) is 9.83. The molecule has 0 N–H and O–H groups in total. The van der Waals surface area contributed by atoms with E-state index in [1.807, 2.05) is 0 Å². The highest BCUT2D eigenvalue weighted by Gasteiger charge is 2.39. The van der Waals surface area contributed by atoms with Gasteiger partial charge in [-0.3, -0.25) is 0 Å². The summed E-state index contributed by atoms with van der Waals surface area (Å²) in [7, 11) is 0. The standard InChI is InChI=1S/C7H11F3O2/c1-3-12-6(2,5-11)4-7(8,9)10/h5H,3-4H2,1-2H3. The molecule has 0 amide bonds. The van der Waals surface area contributed by atoms with Gasteiger partial charge >= 0.3 is 6.18 Å². The van der Waals surface area contributed by atoms with Crippen molar-refractivity contribution in [2.24, 2.45) is 0 Å². The molecule has 5 heteroatoms. The van der Waals surface area contributed by atoms with Crippen LogP contribution in [-0.4, -0.2) is 24.7 Å². The summed E-state index contributed by atoms with van der Waals surface area (Å²) in [4.78, 5) is 10.3. The molecule has 72 valence electrons. The van der Waals surface area contributed by atoms with Crippen molar-refractivity contribution < 1.29 is 22.7 Å². The van der Waals surface area contributed by atoms with Gasteiger partial charge in [-0.2, -0.15) is 13.2 Å². The number of carbonyl (C=O) groups is 1. The first-order chi connectivity index (χ1) is 5.33. The highest BCUT2D eigenvalue weighted by atomic mass is 19.4. The van der Waals surface area contributed by atoms with Crippen molar-refractivity contribution >= 4 is 6.29 Å². The number of hydrogen-bond acceptors (Lipinski definition) is 2. The van der Waals surface area contributed by atoms with Gasteiger partial charge in [0, 0.05) is 6.61 Å². The second-order valence-electron chi connectivity index (χ2n) is 2.66. The Labute approximate surface area is 68.7 Å². The summed E-state index contributed by atoms with van der Waals surface area (Å²) in [5.74, 6) is 0. The van der Waals surface area contributed by atoms with Gasteiger partial charge in [-0.1, -0.05) is 0 Å². The zero-order valence-electron chi connectivity index (χ0n) is 6.94. The lowest BCUT2D eigenvalue weighted by Crippen LogP contribution is -2.36. The quantitative estimate of drug-likeness (QED) is 0.624. The van der Waals surface area contributed by atoms with Crippen LogP contribution in [-0.2, 0) is 9.53 Å². The van der Waals surface area contributed by atoms with Gasteiger partial charge in [0.05, 0.1) is 6.42 Å². The van der Waals surface area contributed by atoms with Crippen LogP contribution in [0.15, 0.2) is 0 Å². The third-order valence-electron chi connectivity index (χ3n) is 1.27. The van der Waals surface area contributed by atoms with Crippen molar-refractivity contribution in [2.75, 3.05) is 6.61 Å². The molecule has 0 aromatic rings. The number of halogens is 3. The molecule has 0 heterocycles. The molecule has 0 saturated carbocycles. The number of aldehydes is 1. The summed E-state index contributed by atoms with van der Waals surface area (Å²) in [5.41, 5.74) is -1.73. The molecule has 0 aliphatic carbocycles. The Balaban J connectivity index is 4.23. The molecule has 0 spiro atoms. The van der Waals surface area contributed by atoms with Gasteiger partial charge in [0.1, 0.15) is 5.60 Å². The molecule has 0 aromatic heterocycles. The SMILES string of the molecule is CCOC(C)(C=O)CC(F)(F)F. The van der Waals surface area contributed by atoms with E-state index >= 15 is 0 Å². The van der Waals surface area contributed by atoms with E-state index < -0.39 is 18.2 Å². The van der Waals surface area contributed by atoms with Crippen LogP contribution in [0, 0.1) is 0 Å². The van der Waals surface area contributed by atoms with Crippen LogP contribution in [0.25, 0.3) is 0 Å². The Bertz CT molecular complexity index is 155. The maximum Gasteiger partial charge on any atom is 0.392 e. The Kier molecular flexibility index (Phi) is 3.70. The van der Waals surface area contributed by atoms with Gasteiger partial charge in [-0.05, 0) is 13.8 Å². The summed E-state index contributed by atoms with van der Waals surface area (Å²) in [6.45, 7) is 2.75. The normalized spacial score (nSPS) is 17.1. The fourth-order valence-electron chi connectivity index (χ4n) is 0.854. The predicted octanol–water partition coefficient (Wildman–Crippen LogP) is 1.93. The van der Waals surface area contributed by atoms with E-state index in [0.29, 0.717) is 0 Å². The lowest BCUT2D eigenvalue weighted by Gasteiger charge is -2.23. The van der Waals surface area contributed by atoms with Crippen LogP contribution in [0.4, 0.5) is 13.2 Å². The van der Waals surface area contributed by atoms with Crippen molar-refractivity contribution in [3.05, 3.63) is 0 Å². The van der Waals surface area contributed by atoms with Crippen molar-refractivity contribution in [1.29, 1.82) is 0 Å². The first-order valence-corrected chi connectivity index (χ1v) is 3.50. The molecular weight excluding hydrogens is 173 g/mol. The van der Waals surface area contributed by atoms with E-state index in [-0.39, 0.29) is 12.9 Å². The van der Waals surface area contributed by atoms with E-state index in [0.717, 1.165) is 6.92 Å². The van der Waals surface area contributed by atoms with Crippen molar-refractivity contribution in [2.45, 2.75) is 32.0 Å². The number of hydrogen-bond donors (Lipinski definition) is 0. The molecule has 0 rings (SSSR count). The van der Waals surface area contributed by atoms with E-state index in [9.17, 15) is 18.0 Å². The molecule has 1 unspecified atom stereocenters. The Hall–Kier alpha value is -0.580. The Morgan fingerprint density at radius 2 is 1.92 bits per heavy atom. The highest BCUT2D eigenvalue weighted by molar-refractivity contribution is 5.61. The van der Waals surface area contributed by atoms with Gasteiger partial charge in [0.15, 0.2) is 6.29 Å². The predicted molar refractivity (Wildman–Crippen MR) is 36.8 cm³/mol. The molecule has 2 nitrogen and oxygen atoms in total. The van der Waals surface area contributed by atoms with Gasteiger partial charge < -0.3 is 9.53 Å². The average molecular weight is 184 g/mol. The van der Waals surface area contributed by atoms with E-state index in [1.165, 1.54) is 6.92 Å². The molecule has 0 bridgehead atoms. The Morgan fingerprint density at radius 3 is 2.17 bits per heavy atom. The minimum atomic E-state index is -4.37. The molecule has 1 atom stereocenters. The smallest absolute Gasteiger partial charge is 0.368 e. The third-order valence-corrected chi connectivity index (χ3v) is 1.27. The van der Waals surface area contributed by atoms with Crippen molar-refractivity contribution in [1.82, 2.24) is 0 Å². The molecule has 0 fully saturated rings. The molecule has 0 aliphatic heterocycles. The topological polar surface area (TPSA) is 26.3 Å². The van der Waals surface area contributed by atoms with Gasteiger partial charge in [-0.25, -0.2) is 0 Å². The number of rotatable bonds is 4. The van der Waals surface area contributed by atoms with Gasteiger partial charge in [-0.15, -0.1) is 0 Å². The molecule has 0 aliphatic rings. The third kappa shape index (κ3) is 4.33. The second kappa shape index (κ2) is 3.89. The summed E-state index contributed by atoms with van der Waals surface area (Å²) in [6.07, 6.45) is -5.42. The monoisotopic (exact) mass is 184 g/mol. The zero-order valence-corrected chi connectivity index (χ0v) is 6.94. The van der Waals surface area contributed by atoms with E-state index in [1.54, 1.807) is 0 Å². The fraction of sp³-hybridized carbons (Fsp3) is 0.857. The van der Waals surface area contributed by atoms with Crippen LogP contribution < -0.4 is 0 Å². The van der Waals surface area contributed by atoms with Crippen LogP contribution in [0.1, 0.15) is 20.3 Å². The maximum atomic E-state index is 11.8. The van der Waals surface area contributed by atoms with Crippen molar-refractivity contribution in [3.8, 4) is 0 Å². The molecule has 0 radical (unpaired) electrons. The summed E-state index contributed by atoms with van der Waals surface area (Å²) in [6, 6.07) is 0. The summed E-state index contributed by atoms with van der Waals surface area (Å²) >= 11 is 0. The first kappa shape index (κ1) is 11.4. The molecule has 12 heavy (non-hydrogen) atoms. The maximum absolute atomic E-state index is 11.8. The highest BCUT2D eigenvalue weighted by Crippen LogP contribution is 2.28. The molecule has 0 aromatic carbocycles. The molecular formula is C7H11F3O2. The largest absolute Gasteiger partial charge is 0.392 e. The van der Waals surface area contributed by atoms with E-state index in [4.69, 9.17) is 0 Å². The number of carbonyl (C=O) groups excluding carboxylic acids is 1. The van der Waals surface area contributed by atoms with Crippen LogP contribution in [0.2, 0.25) is 0 Å². The van der Waals surface area contributed by atoms with Gasteiger partial charge in [0.25, 0.3) is 0 Å². The minimum absolute atomic E-state index is 0.0886. The van der Waals surface area contributed by atoms with Gasteiger partial charge in [0.2, 0.25) is 0 Å². The fourth-order valence-corrected chi connectivity index (χ4v) is 0.854. The lowest BCUT2D eigenvalue weighted by atomic mass is 10.0. The first-order valence-electron chi connectivity index (χ1n) is 3.50. The van der Waals surface area contributed by atoms with Crippen molar-refractivity contribution in [3.63, 3.8) is 0 Å². The van der Waals surface area contributed by atoms with Crippen LogP contribution in [0.5, 0.6) is 0 Å². The number of alkyl halides is 3. The van der Waals surface area contributed by atoms with Crippen LogP contribution in [0.3, 0.4) is 0 Å². The Morgan fingerprint density at radius 1 is 1.42 bits per heavy atom. The second-order valence-corrected chi connectivity index (χ2v) is 2.66. The number of ether oxygens (including phenoxy) is 1. The minimum Gasteiger partial charge on any atom is -0.368 e. The molecule has 0 saturated heterocycles. The summed E-state index contributed by atoms with van der Waals surface area (Å²) in [5, 5.41) is 0. The lowest BCUT2D eigenvalue weighted by molar-refractivity contribution is -0.183. The summed E-state index contributed by atoms with van der Waals surface area (Å²) < 4.78 is 40.1. The van der Waals surface area contributed by atoms with E-state index in [2.05, 4.69) is 4.74 Å². The van der Waals surface area contributed by atoms with Crippen LogP contribution >= 0.6 is 0 Å².